The first kappa shape index (κ1) is 10.3. The van der Waals surface area contributed by atoms with Gasteiger partial charge < -0.3 is 5.73 Å². The highest BCUT2D eigenvalue weighted by Crippen LogP contribution is 2.18. The molecule has 1 unspecified atom stereocenters. The largest absolute Gasteiger partial charge is 0.322 e. The highest BCUT2D eigenvalue weighted by Gasteiger charge is 2.09. The molecule has 0 radical (unpaired) electrons. The number of thiazole rings is 1. The normalized spacial score (nSPS) is 12.7. The summed E-state index contributed by atoms with van der Waals surface area (Å²) in [6, 6.07) is 5.74. The molecular formula is C11H13N3S. The molecule has 0 amide bonds. The van der Waals surface area contributed by atoms with Gasteiger partial charge in [-0.25, -0.2) is 4.98 Å². The minimum absolute atomic E-state index is 0.0586. The van der Waals surface area contributed by atoms with Gasteiger partial charge in [0.05, 0.1) is 16.7 Å². The third kappa shape index (κ3) is 2.61. The molecule has 2 aromatic rings. The number of nitrogens with zero attached hydrogens (tertiary/aromatic N) is 2. The van der Waals surface area contributed by atoms with Gasteiger partial charge in [0.15, 0.2) is 0 Å². The van der Waals surface area contributed by atoms with Gasteiger partial charge >= 0.3 is 0 Å². The lowest BCUT2D eigenvalue weighted by molar-refractivity contribution is 0.693. The van der Waals surface area contributed by atoms with Crippen LogP contribution in [0, 0.1) is 6.92 Å². The first-order chi connectivity index (χ1) is 7.25. The standard InChI is InChI=1S/C11H13N3S/c1-8-7-14-11(15-8)6-9(12)10-4-2-3-5-13-10/h2-5,7,9H,6,12H2,1H3. The van der Waals surface area contributed by atoms with Crippen LogP contribution >= 0.6 is 11.3 Å². The summed E-state index contributed by atoms with van der Waals surface area (Å²) in [5, 5.41) is 1.07. The van der Waals surface area contributed by atoms with Crippen molar-refractivity contribution in [1.29, 1.82) is 0 Å². The van der Waals surface area contributed by atoms with E-state index in [9.17, 15) is 0 Å². The van der Waals surface area contributed by atoms with Crippen molar-refractivity contribution in [1.82, 2.24) is 9.97 Å². The molecule has 15 heavy (non-hydrogen) atoms. The first-order valence-corrected chi connectivity index (χ1v) is 5.65. The van der Waals surface area contributed by atoms with Gasteiger partial charge in [0, 0.05) is 23.7 Å². The van der Waals surface area contributed by atoms with Gasteiger partial charge in [-0.15, -0.1) is 11.3 Å². The van der Waals surface area contributed by atoms with E-state index in [0.29, 0.717) is 0 Å². The molecule has 0 bridgehead atoms. The number of aryl methyl sites for hydroxylation is 1. The van der Waals surface area contributed by atoms with Crippen molar-refractivity contribution >= 4 is 11.3 Å². The van der Waals surface area contributed by atoms with Crippen molar-refractivity contribution in [3.05, 3.63) is 46.2 Å². The van der Waals surface area contributed by atoms with Crippen molar-refractivity contribution in [2.24, 2.45) is 5.73 Å². The van der Waals surface area contributed by atoms with Crippen LogP contribution in [-0.2, 0) is 6.42 Å². The summed E-state index contributed by atoms with van der Waals surface area (Å²) < 4.78 is 0. The SMILES string of the molecule is Cc1cnc(CC(N)c2ccccn2)s1. The Kier molecular flexibility index (Phi) is 3.08. The minimum atomic E-state index is -0.0586. The van der Waals surface area contributed by atoms with Crippen LogP contribution in [-0.4, -0.2) is 9.97 Å². The molecule has 2 N–H and O–H groups in total. The predicted molar refractivity (Wildman–Crippen MR) is 61.7 cm³/mol. The Bertz CT molecular complexity index is 424. The molecule has 3 nitrogen and oxygen atoms in total. The summed E-state index contributed by atoms with van der Waals surface area (Å²) in [6.45, 7) is 2.05. The molecule has 2 heterocycles. The number of nitrogens with two attached hydrogens (primary N) is 1. The van der Waals surface area contributed by atoms with Crippen LogP contribution in [0.4, 0.5) is 0 Å². The topological polar surface area (TPSA) is 51.8 Å². The number of pyridine rings is 1. The van der Waals surface area contributed by atoms with Crippen molar-refractivity contribution in [2.75, 3.05) is 0 Å². The molecule has 0 aliphatic heterocycles. The second kappa shape index (κ2) is 4.51. The highest BCUT2D eigenvalue weighted by atomic mass is 32.1. The Morgan fingerprint density at radius 1 is 1.40 bits per heavy atom. The zero-order chi connectivity index (χ0) is 10.7. The zero-order valence-electron chi connectivity index (χ0n) is 8.55. The van der Waals surface area contributed by atoms with Crippen LogP contribution in [0.15, 0.2) is 30.6 Å². The maximum atomic E-state index is 6.04. The fraction of sp³-hybridized carbons (Fsp3) is 0.273. The molecule has 0 aliphatic carbocycles. The summed E-state index contributed by atoms with van der Waals surface area (Å²) in [5.41, 5.74) is 6.96. The summed E-state index contributed by atoms with van der Waals surface area (Å²) >= 11 is 1.69. The van der Waals surface area contributed by atoms with E-state index in [1.54, 1.807) is 17.5 Å². The highest BCUT2D eigenvalue weighted by molar-refractivity contribution is 7.11. The summed E-state index contributed by atoms with van der Waals surface area (Å²) in [4.78, 5) is 9.75. The number of hydrogen-bond donors (Lipinski definition) is 1. The molecule has 0 fully saturated rings. The monoisotopic (exact) mass is 219 g/mol. The van der Waals surface area contributed by atoms with Crippen molar-refractivity contribution in [3.63, 3.8) is 0 Å². The molecule has 0 spiro atoms. The van der Waals surface area contributed by atoms with E-state index in [1.807, 2.05) is 31.3 Å². The molecule has 78 valence electrons. The van der Waals surface area contributed by atoms with Crippen molar-refractivity contribution in [3.8, 4) is 0 Å². The Labute approximate surface area is 93.0 Å². The van der Waals surface area contributed by atoms with Crippen LogP contribution in [0.2, 0.25) is 0 Å². The second-order valence-electron chi connectivity index (χ2n) is 3.43. The maximum Gasteiger partial charge on any atom is 0.0947 e. The van der Waals surface area contributed by atoms with Crippen LogP contribution < -0.4 is 5.73 Å². The molecule has 2 rings (SSSR count). The lowest BCUT2D eigenvalue weighted by Gasteiger charge is -2.08. The van der Waals surface area contributed by atoms with E-state index in [1.165, 1.54) is 4.88 Å². The van der Waals surface area contributed by atoms with Gasteiger partial charge in [0.2, 0.25) is 0 Å². The predicted octanol–water partition coefficient (Wildman–Crippen LogP) is 2.09. The summed E-state index contributed by atoms with van der Waals surface area (Å²) in [7, 11) is 0. The summed E-state index contributed by atoms with van der Waals surface area (Å²) in [5.74, 6) is 0. The Hall–Kier alpha value is -1.26. The number of rotatable bonds is 3. The summed E-state index contributed by atoms with van der Waals surface area (Å²) in [6.07, 6.45) is 4.41. The average molecular weight is 219 g/mol. The van der Waals surface area contributed by atoms with E-state index in [4.69, 9.17) is 5.73 Å². The molecule has 0 aromatic carbocycles. The molecular weight excluding hydrogens is 206 g/mol. The molecule has 0 saturated heterocycles. The minimum Gasteiger partial charge on any atom is -0.322 e. The van der Waals surface area contributed by atoms with Gasteiger partial charge in [0.25, 0.3) is 0 Å². The molecule has 0 aliphatic rings. The fourth-order valence-corrected chi connectivity index (χ4v) is 2.23. The van der Waals surface area contributed by atoms with E-state index >= 15 is 0 Å². The second-order valence-corrected chi connectivity index (χ2v) is 4.75. The van der Waals surface area contributed by atoms with Crippen molar-refractivity contribution in [2.45, 2.75) is 19.4 Å². The fourth-order valence-electron chi connectivity index (χ4n) is 1.38. The van der Waals surface area contributed by atoms with Crippen molar-refractivity contribution < 1.29 is 0 Å². The quantitative estimate of drug-likeness (QED) is 0.860. The zero-order valence-corrected chi connectivity index (χ0v) is 9.37. The molecule has 0 saturated carbocycles. The van der Waals surface area contributed by atoms with Crippen LogP contribution in [0.5, 0.6) is 0 Å². The molecule has 1 atom stereocenters. The van der Waals surface area contributed by atoms with Gasteiger partial charge in [0.1, 0.15) is 0 Å². The van der Waals surface area contributed by atoms with E-state index in [0.717, 1.165) is 17.1 Å². The Morgan fingerprint density at radius 2 is 2.27 bits per heavy atom. The number of aromatic nitrogens is 2. The average Bonchev–Trinajstić information content (AvgIpc) is 2.65. The number of hydrogen-bond acceptors (Lipinski definition) is 4. The molecule has 4 heteroatoms. The van der Waals surface area contributed by atoms with Gasteiger partial charge in [-0.3, -0.25) is 4.98 Å². The van der Waals surface area contributed by atoms with Gasteiger partial charge in [-0.2, -0.15) is 0 Å². The van der Waals surface area contributed by atoms with Gasteiger partial charge in [-0.1, -0.05) is 6.07 Å². The maximum absolute atomic E-state index is 6.04. The molecule has 2 aromatic heterocycles. The Morgan fingerprint density at radius 3 is 2.87 bits per heavy atom. The lowest BCUT2D eigenvalue weighted by atomic mass is 10.1. The van der Waals surface area contributed by atoms with Crippen LogP contribution in [0.3, 0.4) is 0 Å². The smallest absolute Gasteiger partial charge is 0.0947 e. The lowest BCUT2D eigenvalue weighted by Crippen LogP contribution is -2.14. The van der Waals surface area contributed by atoms with Crippen LogP contribution in [0.1, 0.15) is 21.6 Å². The van der Waals surface area contributed by atoms with E-state index in [-0.39, 0.29) is 6.04 Å². The van der Waals surface area contributed by atoms with E-state index < -0.39 is 0 Å². The van der Waals surface area contributed by atoms with Gasteiger partial charge in [-0.05, 0) is 19.1 Å². The van der Waals surface area contributed by atoms with Crippen LogP contribution in [0.25, 0.3) is 0 Å². The first-order valence-electron chi connectivity index (χ1n) is 4.83. The van der Waals surface area contributed by atoms with E-state index in [2.05, 4.69) is 9.97 Å². The third-order valence-electron chi connectivity index (χ3n) is 2.13. The third-order valence-corrected chi connectivity index (χ3v) is 3.07. The Balaban J connectivity index is 2.07.